The molecule has 0 spiro atoms. The molecule has 0 amide bonds. The fraction of sp³-hybridized carbons (Fsp3) is 0.714. The lowest BCUT2D eigenvalue weighted by molar-refractivity contribution is 0.221. The zero-order valence-electron chi connectivity index (χ0n) is 10.5. The molecule has 0 radical (unpaired) electrons. The molecule has 0 aromatic carbocycles. The molecule has 1 aromatic heterocycles. The lowest BCUT2D eigenvalue weighted by Gasteiger charge is -2.27. The van der Waals surface area contributed by atoms with Crippen molar-refractivity contribution in [2.75, 3.05) is 13.1 Å². The number of fused-ring (bicyclic) bond motifs is 2. The van der Waals surface area contributed by atoms with Gasteiger partial charge in [-0.25, -0.2) is 0 Å². The zero-order valence-corrected chi connectivity index (χ0v) is 11.4. The minimum absolute atomic E-state index is 0.325. The average molecular weight is 235 g/mol. The summed E-state index contributed by atoms with van der Waals surface area (Å²) in [7, 11) is 0. The summed E-state index contributed by atoms with van der Waals surface area (Å²) in [5.41, 5.74) is 1.96. The lowest BCUT2D eigenvalue weighted by atomic mass is 9.93. The minimum atomic E-state index is 0.325. The quantitative estimate of drug-likeness (QED) is 0.662. The SMILES string of the molecule is CC(C)(C)c1cc2c(s1)C1CCN(CC1)C2. The van der Waals surface area contributed by atoms with Gasteiger partial charge in [0.05, 0.1) is 0 Å². The predicted molar refractivity (Wildman–Crippen MR) is 70.3 cm³/mol. The predicted octanol–water partition coefficient (Wildman–Crippen LogP) is 3.74. The molecular weight excluding hydrogens is 214 g/mol. The molecule has 0 unspecified atom stereocenters. The van der Waals surface area contributed by atoms with Crippen molar-refractivity contribution < 1.29 is 0 Å². The second kappa shape index (κ2) is 3.58. The topological polar surface area (TPSA) is 3.24 Å². The Morgan fingerprint density at radius 2 is 1.94 bits per heavy atom. The van der Waals surface area contributed by atoms with Crippen LogP contribution in [0, 0.1) is 0 Å². The van der Waals surface area contributed by atoms with Crippen molar-refractivity contribution in [3.05, 3.63) is 21.4 Å². The van der Waals surface area contributed by atoms with Crippen molar-refractivity contribution in [2.24, 2.45) is 0 Å². The summed E-state index contributed by atoms with van der Waals surface area (Å²) >= 11 is 2.09. The molecule has 2 bridgehead atoms. The highest BCUT2D eigenvalue weighted by Crippen LogP contribution is 2.43. The van der Waals surface area contributed by atoms with Crippen LogP contribution in [0.4, 0.5) is 0 Å². The maximum Gasteiger partial charge on any atom is 0.0244 e. The first-order valence-corrected chi connectivity index (χ1v) is 7.21. The Kier molecular flexibility index (Phi) is 2.41. The van der Waals surface area contributed by atoms with Gasteiger partial charge in [-0.1, -0.05) is 20.8 Å². The molecule has 0 N–H and O–H groups in total. The highest BCUT2D eigenvalue weighted by molar-refractivity contribution is 7.12. The highest BCUT2D eigenvalue weighted by atomic mass is 32.1. The van der Waals surface area contributed by atoms with Crippen molar-refractivity contribution in [3.63, 3.8) is 0 Å². The molecule has 0 aliphatic carbocycles. The van der Waals surface area contributed by atoms with E-state index in [0.29, 0.717) is 5.41 Å². The average Bonchev–Trinajstić information content (AvgIpc) is 2.50. The Labute approximate surface area is 102 Å². The second-order valence-corrected chi connectivity index (χ2v) is 7.38. The number of hydrogen-bond donors (Lipinski definition) is 0. The summed E-state index contributed by atoms with van der Waals surface area (Å²) in [6.07, 6.45) is 2.77. The van der Waals surface area contributed by atoms with Crippen LogP contribution in [0.5, 0.6) is 0 Å². The zero-order chi connectivity index (χ0) is 11.3. The van der Waals surface area contributed by atoms with E-state index in [1.807, 2.05) is 0 Å². The standard InChI is InChI=1S/C14H21NS/c1-14(2,3)12-8-11-9-15-6-4-10(5-7-15)13(11)16-12/h8,10H,4-7,9H2,1-3H3. The number of thiophene rings is 1. The molecule has 4 rings (SSSR count). The van der Waals surface area contributed by atoms with Gasteiger partial charge in [0.15, 0.2) is 0 Å². The van der Waals surface area contributed by atoms with Crippen molar-refractivity contribution >= 4 is 11.3 Å². The molecule has 1 saturated heterocycles. The third-order valence-electron chi connectivity index (χ3n) is 3.93. The monoisotopic (exact) mass is 235 g/mol. The van der Waals surface area contributed by atoms with Crippen LogP contribution in [-0.2, 0) is 12.0 Å². The van der Waals surface area contributed by atoms with E-state index in [-0.39, 0.29) is 0 Å². The van der Waals surface area contributed by atoms with Crippen molar-refractivity contribution in [1.29, 1.82) is 0 Å². The Hall–Kier alpha value is -0.340. The van der Waals surface area contributed by atoms with E-state index in [9.17, 15) is 0 Å². The fourth-order valence-corrected chi connectivity index (χ4v) is 4.28. The van der Waals surface area contributed by atoms with Crippen LogP contribution in [0.15, 0.2) is 6.07 Å². The number of rotatable bonds is 0. The van der Waals surface area contributed by atoms with Crippen molar-refractivity contribution in [2.45, 2.75) is 51.5 Å². The minimum Gasteiger partial charge on any atom is -0.299 e. The molecule has 3 aliphatic heterocycles. The second-order valence-electron chi connectivity index (χ2n) is 6.30. The molecule has 2 heteroatoms. The van der Waals surface area contributed by atoms with Crippen molar-refractivity contribution in [3.8, 4) is 0 Å². The molecule has 0 saturated carbocycles. The Morgan fingerprint density at radius 1 is 1.25 bits per heavy atom. The van der Waals surface area contributed by atoms with Crippen LogP contribution in [0.1, 0.15) is 54.8 Å². The number of hydrogen-bond acceptors (Lipinski definition) is 2. The Bertz CT molecular complexity index is 391. The van der Waals surface area contributed by atoms with Gasteiger partial charge in [0.25, 0.3) is 0 Å². The van der Waals surface area contributed by atoms with Crippen LogP contribution in [0.3, 0.4) is 0 Å². The molecule has 4 heterocycles. The third kappa shape index (κ3) is 1.72. The van der Waals surface area contributed by atoms with Gasteiger partial charge >= 0.3 is 0 Å². The van der Waals surface area contributed by atoms with Crippen LogP contribution in [0.25, 0.3) is 0 Å². The summed E-state index contributed by atoms with van der Waals surface area (Å²) in [4.78, 5) is 5.91. The van der Waals surface area contributed by atoms with E-state index < -0.39 is 0 Å². The molecule has 3 aliphatic rings. The smallest absolute Gasteiger partial charge is 0.0244 e. The van der Waals surface area contributed by atoms with Gasteiger partial charge in [-0.3, -0.25) is 4.90 Å². The van der Waals surface area contributed by atoms with E-state index in [0.717, 1.165) is 5.92 Å². The van der Waals surface area contributed by atoms with E-state index in [4.69, 9.17) is 0 Å². The number of nitrogens with zero attached hydrogens (tertiary/aromatic N) is 1. The summed E-state index contributed by atoms with van der Waals surface area (Å²) < 4.78 is 0. The molecular formula is C14H21NS. The Morgan fingerprint density at radius 3 is 2.56 bits per heavy atom. The van der Waals surface area contributed by atoms with Gasteiger partial charge in [0.2, 0.25) is 0 Å². The lowest BCUT2D eigenvalue weighted by Crippen LogP contribution is -2.28. The molecule has 1 aromatic rings. The van der Waals surface area contributed by atoms with Crippen LogP contribution >= 0.6 is 11.3 Å². The summed E-state index contributed by atoms with van der Waals surface area (Å²) in [6, 6.07) is 2.48. The first-order valence-electron chi connectivity index (χ1n) is 6.39. The van der Waals surface area contributed by atoms with Gasteiger partial charge in [0, 0.05) is 16.3 Å². The molecule has 0 atom stereocenters. The van der Waals surface area contributed by atoms with Gasteiger partial charge in [-0.15, -0.1) is 11.3 Å². The fourth-order valence-electron chi connectivity index (χ4n) is 2.88. The maximum atomic E-state index is 2.63. The van der Waals surface area contributed by atoms with Gasteiger partial charge in [-0.05, 0) is 48.9 Å². The normalized spacial score (nSPS) is 28.9. The maximum absolute atomic E-state index is 2.63. The van der Waals surface area contributed by atoms with Crippen LogP contribution in [-0.4, -0.2) is 18.0 Å². The van der Waals surface area contributed by atoms with Gasteiger partial charge < -0.3 is 0 Å². The van der Waals surface area contributed by atoms with Crippen LogP contribution in [0.2, 0.25) is 0 Å². The first kappa shape index (κ1) is 10.8. The van der Waals surface area contributed by atoms with E-state index >= 15 is 0 Å². The summed E-state index contributed by atoms with van der Waals surface area (Å²) in [5.74, 6) is 0.870. The van der Waals surface area contributed by atoms with E-state index in [1.54, 1.807) is 15.3 Å². The molecule has 16 heavy (non-hydrogen) atoms. The largest absolute Gasteiger partial charge is 0.299 e. The van der Waals surface area contributed by atoms with E-state index in [1.165, 1.54) is 32.5 Å². The molecule has 88 valence electrons. The van der Waals surface area contributed by atoms with Gasteiger partial charge in [-0.2, -0.15) is 0 Å². The molecule has 1 nitrogen and oxygen atoms in total. The van der Waals surface area contributed by atoms with Crippen molar-refractivity contribution in [1.82, 2.24) is 4.90 Å². The van der Waals surface area contributed by atoms with Crippen LogP contribution < -0.4 is 0 Å². The van der Waals surface area contributed by atoms with Gasteiger partial charge in [0.1, 0.15) is 0 Å². The summed E-state index contributed by atoms with van der Waals surface area (Å²) in [6.45, 7) is 10.8. The van der Waals surface area contributed by atoms with E-state index in [2.05, 4.69) is 43.1 Å². The summed E-state index contributed by atoms with van der Waals surface area (Å²) in [5, 5.41) is 0. The molecule has 1 fully saturated rings. The first-order chi connectivity index (χ1) is 7.54. The number of piperidine rings is 1. The Balaban J connectivity index is 2.02. The highest BCUT2D eigenvalue weighted by Gasteiger charge is 2.31. The third-order valence-corrected chi connectivity index (χ3v) is 5.70.